The number of aromatic nitrogens is 2. The molecule has 0 spiro atoms. The molecule has 6 rings (SSSR count). The van der Waals surface area contributed by atoms with Gasteiger partial charge in [0.05, 0.1) is 30.0 Å². The minimum Gasteiger partial charge on any atom is -0.496 e. The number of para-hydroxylation sites is 1. The number of fused-ring (bicyclic) bond motifs is 2. The molecule has 3 heterocycles. The van der Waals surface area contributed by atoms with Crippen molar-refractivity contribution in [2.45, 2.75) is 19.5 Å². The Labute approximate surface area is 255 Å². The molecule has 1 aliphatic heterocycles. The van der Waals surface area contributed by atoms with E-state index in [-0.39, 0.29) is 11.1 Å². The summed E-state index contributed by atoms with van der Waals surface area (Å²) in [6.07, 6.45) is 3.92. The number of halogens is 2. The van der Waals surface area contributed by atoms with Crippen LogP contribution in [0.25, 0.3) is 17.0 Å². The van der Waals surface area contributed by atoms with Gasteiger partial charge in [-0.05, 0) is 55.0 Å². The highest BCUT2D eigenvalue weighted by atomic mass is 35.5. The molecule has 0 unspecified atom stereocenters. The minimum atomic E-state index is -0.837. The first-order valence-electron chi connectivity index (χ1n) is 13.1. The standard InChI is InChI=1S/C32H25Cl2N3O4S/c1-18-28(31(39)41-3)29(24-15-22(34)12-13-26(24)40-2)37-30(38)27(42-32(37)35-18)14-20-17-36(25-7-5-4-6-23(20)25)16-19-8-10-21(33)11-9-19/h4-15,17,29H,16H2,1-3H3/b27-14-/t29-/m1/s1. The van der Waals surface area contributed by atoms with Crippen LogP contribution in [0.5, 0.6) is 5.75 Å². The fraction of sp³-hybridized carbons (Fsp3) is 0.156. The number of thiazole rings is 1. The van der Waals surface area contributed by atoms with Gasteiger partial charge in [-0.3, -0.25) is 9.36 Å². The number of nitrogens with zero attached hydrogens (tertiary/aromatic N) is 3. The Kier molecular flexibility index (Phi) is 7.53. The Morgan fingerprint density at radius 2 is 1.79 bits per heavy atom. The average molecular weight is 619 g/mol. The van der Waals surface area contributed by atoms with E-state index in [0.717, 1.165) is 22.0 Å². The van der Waals surface area contributed by atoms with Gasteiger partial charge in [0.25, 0.3) is 5.56 Å². The molecule has 1 aliphatic rings. The van der Waals surface area contributed by atoms with Gasteiger partial charge >= 0.3 is 5.97 Å². The van der Waals surface area contributed by atoms with Crippen molar-refractivity contribution < 1.29 is 14.3 Å². The van der Waals surface area contributed by atoms with Crippen molar-refractivity contribution >= 4 is 57.5 Å². The molecule has 42 heavy (non-hydrogen) atoms. The van der Waals surface area contributed by atoms with Crippen molar-refractivity contribution in [2.75, 3.05) is 14.2 Å². The molecular weight excluding hydrogens is 593 g/mol. The first-order valence-corrected chi connectivity index (χ1v) is 14.6. The molecule has 0 N–H and O–H groups in total. The maximum absolute atomic E-state index is 14.1. The maximum Gasteiger partial charge on any atom is 0.338 e. The van der Waals surface area contributed by atoms with Gasteiger partial charge < -0.3 is 14.0 Å². The third-order valence-corrected chi connectivity index (χ3v) is 8.76. The molecule has 3 aromatic carbocycles. The number of ether oxygens (including phenoxy) is 2. The Morgan fingerprint density at radius 1 is 1.05 bits per heavy atom. The van der Waals surface area contributed by atoms with Crippen LogP contribution in [0.1, 0.15) is 29.7 Å². The molecule has 7 nitrogen and oxygen atoms in total. The number of allylic oxidation sites excluding steroid dienone is 1. The van der Waals surface area contributed by atoms with Gasteiger partial charge in [0.2, 0.25) is 0 Å². The fourth-order valence-electron chi connectivity index (χ4n) is 5.35. The Bertz CT molecular complexity index is 2070. The molecule has 10 heteroatoms. The Balaban J connectivity index is 1.54. The molecule has 1 atom stereocenters. The van der Waals surface area contributed by atoms with Gasteiger partial charge in [0, 0.05) is 44.8 Å². The van der Waals surface area contributed by atoms with E-state index in [4.69, 9.17) is 32.7 Å². The highest BCUT2D eigenvalue weighted by Gasteiger charge is 2.35. The first-order chi connectivity index (χ1) is 20.3. The normalized spacial score (nSPS) is 15.1. The molecule has 0 amide bonds. The third kappa shape index (κ3) is 4.96. The second kappa shape index (κ2) is 11.3. The van der Waals surface area contributed by atoms with Crippen molar-refractivity contribution in [1.29, 1.82) is 0 Å². The van der Waals surface area contributed by atoms with Crippen LogP contribution in [0.4, 0.5) is 0 Å². The van der Waals surface area contributed by atoms with Crippen molar-refractivity contribution in [3.05, 3.63) is 131 Å². The summed E-state index contributed by atoms with van der Waals surface area (Å²) in [5.74, 6) is -0.0943. The van der Waals surface area contributed by atoms with Crippen LogP contribution in [-0.2, 0) is 16.1 Å². The number of carbonyl (C=O) groups excluding carboxylic acids is 1. The summed E-state index contributed by atoms with van der Waals surface area (Å²) in [6.45, 7) is 2.38. The van der Waals surface area contributed by atoms with Gasteiger partial charge in [0.1, 0.15) is 11.8 Å². The number of esters is 1. The van der Waals surface area contributed by atoms with Crippen LogP contribution < -0.4 is 19.6 Å². The highest BCUT2D eigenvalue weighted by Crippen LogP contribution is 2.37. The molecule has 5 aromatic rings. The van der Waals surface area contributed by atoms with Gasteiger partial charge in [-0.15, -0.1) is 0 Å². The number of hydrogen-bond donors (Lipinski definition) is 0. The number of hydrogen-bond acceptors (Lipinski definition) is 6. The largest absolute Gasteiger partial charge is 0.496 e. The lowest BCUT2D eigenvalue weighted by molar-refractivity contribution is -0.136. The lowest BCUT2D eigenvalue weighted by Gasteiger charge is -2.25. The molecule has 0 radical (unpaired) electrons. The van der Waals surface area contributed by atoms with Crippen molar-refractivity contribution in [3.63, 3.8) is 0 Å². The summed E-state index contributed by atoms with van der Waals surface area (Å²) < 4.78 is 14.9. The van der Waals surface area contributed by atoms with Crippen LogP contribution in [-0.4, -0.2) is 29.3 Å². The van der Waals surface area contributed by atoms with Gasteiger partial charge in [-0.2, -0.15) is 0 Å². The Morgan fingerprint density at radius 3 is 2.52 bits per heavy atom. The summed E-state index contributed by atoms with van der Waals surface area (Å²) in [5, 5.41) is 2.14. The molecule has 0 saturated heterocycles. The minimum absolute atomic E-state index is 0.247. The van der Waals surface area contributed by atoms with Crippen LogP contribution in [0.3, 0.4) is 0 Å². The van der Waals surface area contributed by atoms with E-state index in [9.17, 15) is 9.59 Å². The Hall–Kier alpha value is -4.11. The predicted octanol–water partition coefficient (Wildman–Crippen LogP) is 5.73. The molecule has 0 saturated carbocycles. The second-order valence-corrected chi connectivity index (χ2v) is 11.7. The van der Waals surface area contributed by atoms with E-state index in [2.05, 4.69) is 15.6 Å². The summed E-state index contributed by atoms with van der Waals surface area (Å²) in [6, 6.07) is 20.1. The SMILES string of the molecule is COC(=O)C1=C(C)N=c2s/c(=C\c3cn(Cc4ccc(Cl)cc4)c4ccccc34)c(=O)n2[C@@H]1c1cc(Cl)ccc1OC. The number of rotatable bonds is 6. The van der Waals surface area contributed by atoms with Gasteiger partial charge in [-0.25, -0.2) is 9.79 Å². The third-order valence-electron chi connectivity index (χ3n) is 7.29. The molecule has 0 bridgehead atoms. The zero-order chi connectivity index (χ0) is 29.5. The molecule has 2 aromatic heterocycles. The van der Waals surface area contributed by atoms with Crippen LogP contribution >= 0.6 is 34.5 Å². The topological polar surface area (TPSA) is 74.8 Å². The van der Waals surface area contributed by atoms with E-state index in [0.29, 0.717) is 42.9 Å². The van der Waals surface area contributed by atoms with Gasteiger partial charge in [0.15, 0.2) is 4.80 Å². The number of carbonyl (C=O) groups is 1. The van der Waals surface area contributed by atoms with E-state index >= 15 is 0 Å². The van der Waals surface area contributed by atoms with E-state index in [1.165, 1.54) is 30.1 Å². The summed E-state index contributed by atoms with van der Waals surface area (Å²) >= 11 is 13.7. The summed E-state index contributed by atoms with van der Waals surface area (Å²) in [4.78, 5) is 32.3. The van der Waals surface area contributed by atoms with Crippen LogP contribution in [0.15, 0.2) is 94.0 Å². The highest BCUT2D eigenvalue weighted by molar-refractivity contribution is 7.07. The smallest absolute Gasteiger partial charge is 0.338 e. The molecular formula is C32H25Cl2N3O4S. The van der Waals surface area contributed by atoms with Crippen molar-refractivity contribution in [2.24, 2.45) is 4.99 Å². The van der Waals surface area contributed by atoms with E-state index in [1.807, 2.05) is 54.7 Å². The zero-order valence-corrected chi connectivity index (χ0v) is 25.3. The van der Waals surface area contributed by atoms with E-state index in [1.54, 1.807) is 25.1 Å². The lowest BCUT2D eigenvalue weighted by atomic mass is 9.95. The molecule has 0 fully saturated rings. The van der Waals surface area contributed by atoms with E-state index < -0.39 is 12.0 Å². The van der Waals surface area contributed by atoms with Crippen molar-refractivity contribution in [3.8, 4) is 5.75 Å². The fourth-order valence-corrected chi connectivity index (χ4v) is 6.70. The quantitative estimate of drug-likeness (QED) is 0.228. The number of methoxy groups -OCH3 is 2. The van der Waals surface area contributed by atoms with Crippen molar-refractivity contribution in [1.82, 2.24) is 9.13 Å². The maximum atomic E-state index is 14.1. The number of benzene rings is 3. The summed E-state index contributed by atoms with van der Waals surface area (Å²) in [7, 11) is 2.84. The van der Waals surface area contributed by atoms with Crippen LogP contribution in [0, 0.1) is 0 Å². The average Bonchev–Trinajstić information content (AvgIpc) is 3.49. The monoisotopic (exact) mass is 617 g/mol. The van der Waals surface area contributed by atoms with Gasteiger partial charge in [-0.1, -0.05) is 64.9 Å². The molecule has 212 valence electrons. The summed E-state index contributed by atoms with van der Waals surface area (Å²) in [5.41, 5.74) is 4.02. The first kappa shape index (κ1) is 28.0. The van der Waals surface area contributed by atoms with Crippen LogP contribution in [0.2, 0.25) is 10.0 Å². The second-order valence-electron chi connectivity index (χ2n) is 9.82. The molecule has 0 aliphatic carbocycles. The zero-order valence-electron chi connectivity index (χ0n) is 22.9. The lowest BCUT2D eigenvalue weighted by Crippen LogP contribution is -2.40. The predicted molar refractivity (Wildman–Crippen MR) is 166 cm³/mol.